The van der Waals surface area contributed by atoms with Crippen molar-refractivity contribution < 1.29 is 14.6 Å². The van der Waals surface area contributed by atoms with Crippen molar-refractivity contribution in [3.8, 4) is 0 Å². The van der Waals surface area contributed by atoms with Gasteiger partial charge in [-0.15, -0.1) is 0 Å². The number of amides is 2. The van der Waals surface area contributed by atoms with Crippen molar-refractivity contribution in [3.05, 3.63) is 35.9 Å². The number of hydrogen-bond donors (Lipinski definition) is 2. The van der Waals surface area contributed by atoms with Gasteiger partial charge in [-0.1, -0.05) is 44.2 Å². The van der Waals surface area contributed by atoms with E-state index in [9.17, 15) is 9.90 Å². The van der Waals surface area contributed by atoms with Crippen LogP contribution in [-0.2, 0) is 11.3 Å². The molecule has 2 saturated carbocycles. The summed E-state index contributed by atoms with van der Waals surface area (Å²) in [7, 11) is 1.83. The maximum Gasteiger partial charge on any atom is 0.317 e. The van der Waals surface area contributed by atoms with E-state index < -0.39 is 0 Å². The van der Waals surface area contributed by atoms with E-state index in [1.54, 1.807) is 4.90 Å². The van der Waals surface area contributed by atoms with Gasteiger partial charge in [-0.05, 0) is 30.7 Å². The van der Waals surface area contributed by atoms with Gasteiger partial charge < -0.3 is 20.1 Å². The van der Waals surface area contributed by atoms with Gasteiger partial charge in [0.05, 0.1) is 18.8 Å². The predicted octanol–water partition coefficient (Wildman–Crippen LogP) is 2.78. The molecule has 2 aliphatic rings. The molecule has 0 heterocycles. The van der Waals surface area contributed by atoms with E-state index in [4.69, 9.17) is 4.74 Å². The highest BCUT2D eigenvalue weighted by Gasteiger charge is 2.50. The first-order valence-electron chi connectivity index (χ1n) is 9.21. The fourth-order valence-electron chi connectivity index (χ4n) is 3.76. The molecule has 1 aromatic rings. The first-order valence-corrected chi connectivity index (χ1v) is 9.21. The Bertz CT molecular complexity index is 584. The second-order valence-electron chi connectivity index (χ2n) is 8.22. The molecule has 0 aromatic heterocycles. The lowest BCUT2D eigenvalue weighted by molar-refractivity contribution is -0.122. The Morgan fingerprint density at radius 1 is 1.28 bits per heavy atom. The molecule has 0 aliphatic heterocycles. The van der Waals surface area contributed by atoms with Gasteiger partial charge in [0, 0.05) is 25.0 Å². The van der Waals surface area contributed by atoms with E-state index in [0.29, 0.717) is 19.1 Å². The fraction of sp³-hybridized carbons (Fsp3) is 0.650. The number of aliphatic hydroxyl groups is 1. The van der Waals surface area contributed by atoms with E-state index in [1.165, 1.54) is 5.56 Å². The summed E-state index contributed by atoms with van der Waals surface area (Å²) < 4.78 is 6.06. The first-order chi connectivity index (χ1) is 11.9. The minimum absolute atomic E-state index is 0.0269. The molecule has 2 aliphatic carbocycles. The van der Waals surface area contributed by atoms with Crippen LogP contribution >= 0.6 is 0 Å². The van der Waals surface area contributed by atoms with Crippen LogP contribution in [0.15, 0.2) is 30.3 Å². The number of aliphatic hydroxyl groups excluding tert-OH is 1. The third-order valence-electron chi connectivity index (χ3n) is 5.86. The molecule has 2 atom stereocenters. The number of nitrogens with one attached hydrogen (secondary N) is 1. The Hall–Kier alpha value is -1.59. The number of carbonyl (C=O) groups is 1. The predicted molar refractivity (Wildman–Crippen MR) is 97.1 cm³/mol. The second kappa shape index (κ2) is 7.34. The van der Waals surface area contributed by atoms with Crippen LogP contribution in [-0.4, -0.2) is 47.9 Å². The van der Waals surface area contributed by atoms with E-state index in [0.717, 1.165) is 19.3 Å². The maximum atomic E-state index is 12.4. The van der Waals surface area contributed by atoms with Gasteiger partial charge in [0.1, 0.15) is 0 Å². The molecule has 138 valence electrons. The van der Waals surface area contributed by atoms with Crippen LogP contribution < -0.4 is 5.32 Å². The lowest BCUT2D eigenvalue weighted by Crippen LogP contribution is -2.63. The Kier molecular flexibility index (Phi) is 5.35. The highest BCUT2D eigenvalue weighted by Crippen LogP contribution is 2.43. The number of ether oxygens (including phenoxy) is 1. The minimum atomic E-state index is -0.172. The summed E-state index contributed by atoms with van der Waals surface area (Å²) in [6.07, 6.45) is 2.45. The molecule has 5 heteroatoms. The molecule has 2 amide bonds. The van der Waals surface area contributed by atoms with Crippen LogP contribution in [0.1, 0.15) is 38.7 Å². The van der Waals surface area contributed by atoms with E-state index in [1.807, 2.05) is 25.2 Å². The topological polar surface area (TPSA) is 61.8 Å². The van der Waals surface area contributed by atoms with Gasteiger partial charge in [-0.25, -0.2) is 4.79 Å². The zero-order valence-corrected chi connectivity index (χ0v) is 15.4. The van der Waals surface area contributed by atoms with Gasteiger partial charge in [0.25, 0.3) is 0 Å². The van der Waals surface area contributed by atoms with Crippen molar-refractivity contribution in [2.75, 3.05) is 13.6 Å². The summed E-state index contributed by atoms with van der Waals surface area (Å²) in [5.41, 5.74) is 1.10. The molecule has 0 unspecified atom stereocenters. The van der Waals surface area contributed by atoms with Gasteiger partial charge in [0.2, 0.25) is 0 Å². The SMILES string of the molecule is CN(CC1CC(O)C1)C(=O)N[C@@H]1C[C@H](OCc2ccccc2)C1(C)C. The molecule has 1 aromatic carbocycles. The number of hydrogen-bond acceptors (Lipinski definition) is 3. The zero-order chi connectivity index (χ0) is 18.0. The van der Waals surface area contributed by atoms with Crippen LogP contribution in [0, 0.1) is 11.3 Å². The molecule has 25 heavy (non-hydrogen) atoms. The Labute approximate surface area is 150 Å². The third kappa shape index (κ3) is 4.15. The number of carbonyl (C=O) groups excluding carboxylic acids is 1. The summed E-state index contributed by atoms with van der Waals surface area (Å²) >= 11 is 0. The first kappa shape index (κ1) is 18.2. The van der Waals surface area contributed by atoms with Crippen molar-refractivity contribution in [2.45, 2.75) is 58.0 Å². The number of nitrogens with zero attached hydrogens (tertiary/aromatic N) is 1. The number of rotatable bonds is 6. The summed E-state index contributed by atoms with van der Waals surface area (Å²) in [5.74, 6) is 0.433. The molecule has 0 bridgehead atoms. The third-order valence-corrected chi connectivity index (χ3v) is 5.86. The van der Waals surface area contributed by atoms with Gasteiger partial charge in [-0.2, -0.15) is 0 Å². The molecule has 3 rings (SSSR count). The van der Waals surface area contributed by atoms with Crippen LogP contribution in [0.25, 0.3) is 0 Å². The monoisotopic (exact) mass is 346 g/mol. The Balaban J connectivity index is 1.42. The van der Waals surface area contributed by atoms with Crippen molar-refractivity contribution in [2.24, 2.45) is 11.3 Å². The lowest BCUT2D eigenvalue weighted by atomic mass is 9.64. The van der Waals surface area contributed by atoms with Gasteiger partial charge in [-0.3, -0.25) is 0 Å². The van der Waals surface area contributed by atoms with Crippen molar-refractivity contribution in [3.63, 3.8) is 0 Å². The number of benzene rings is 1. The summed E-state index contributed by atoms with van der Waals surface area (Å²) in [5, 5.41) is 12.5. The van der Waals surface area contributed by atoms with Gasteiger partial charge in [0.15, 0.2) is 0 Å². The summed E-state index contributed by atoms with van der Waals surface area (Å²) in [4.78, 5) is 14.1. The molecule has 0 saturated heterocycles. The van der Waals surface area contributed by atoms with Crippen molar-refractivity contribution >= 4 is 6.03 Å². The van der Waals surface area contributed by atoms with Crippen LogP contribution in [0.4, 0.5) is 4.79 Å². The van der Waals surface area contributed by atoms with E-state index >= 15 is 0 Å². The van der Waals surface area contributed by atoms with E-state index in [2.05, 4.69) is 31.3 Å². The summed E-state index contributed by atoms with van der Waals surface area (Å²) in [6.45, 7) is 5.63. The molecule has 2 N–H and O–H groups in total. The smallest absolute Gasteiger partial charge is 0.317 e. The standard InChI is InChI=1S/C20H30N2O3/c1-20(2)17(11-18(20)25-13-14-7-5-4-6-8-14)21-19(24)22(3)12-15-9-16(23)10-15/h4-8,15-18,23H,9-13H2,1-3H3,(H,21,24)/t15?,16?,17-,18+/m1/s1. The van der Waals surface area contributed by atoms with Crippen molar-refractivity contribution in [1.29, 1.82) is 0 Å². The zero-order valence-electron chi connectivity index (χ0n) is 15.4. The van der Waals surface area contributed by atoms with E-state index in [-0.39, 0.29) is 29.7 Å². The van der Waals surface area contributed by atoms with Crippen LogP contribution in [0.3, 0.4) is 0 Å². The quantitative estimate of drug-likeness (QED) is 0.833. The van der Waals surface area contributed by atoms with Crippen LogP contribution in [0.5, 0.6) is 0 Å². The lowest BCUT2D eigenvalue weighted by Gasteiger charge is -2.52. The Morgan fingerprint density at radius 3 is 2.56 bits per heavy atom. The molecule has 0 radical (unpaired) electrons. The molecular formula is C20H30N2O3. The highest BCUT2D eigenvalue weighted by atomic mass is 16.5. The van der Waals surface area contributed by atoms with Crippen molar-refractivity contribution in [1.82, 2.24) is 10.2 Å². The molecular weight excluding hydrogens is 316 g/mol. The average Bonchev–Trinajstić information content (AvgIpc) is 2.56. The largest absolute Gasteiger partial charge is 0.393 e. The maximum absolute atomic E-state index is 12.4. The second-order valence-corrected chi connectivity index (χ2v) is 8.22. The van der Waals surface area contributed by atoms with Gasteiger partial charge >= 0.3 is 6.03 Å². The molecule has 0 spiro atoms. The van der Waals surface area contributed by atoms with Crippen LogP contribution in [0.2, 0.25) is 0 Å². The average molecular weight is 346 g/mol. The molecule has 2 fully saturated rings. The molecule has 5 nitrogen and oxygen atoms in total. The number of urea groups is 1. The minimum Gasteiger partial charge on any atom is -0.393 e. The fourth-order valence-corrected chi connectivity index (χ4v) is 3.76. The normalized spacial score (nSPS) is 30.1. The highest BCUT2D eigenvalue weighted by molar-refractivity contribution is 5.74. The Morgan fingerprint density at radius 2 is 1.96 bits per heavy atom. The summed E-state index contributed by atoms with van der Waals surface area (Å²) in [6, 6.07) is 10.3.